The molecule has 1 aromatic carbocycles. The molecule has 0 saturated carbocycles. The van der Waals surface area contributed by atoms with E-state index in [1.54, 1.807) is 0 Å². The van der Waals surface area contributed by atoms with Gasteiger partial charge in [0, 0.05) is 49.3 Å². The fourth-order valence-corrected chi connectivity index (χ4v) is 4.47. The molecule has 1 aromatic heterocycles. The number of aromatic nitrogens is 1. The van der Waals surface area contributed by atoms with Crippen molar-refractivity contribution in [1.29, 1.82) is 0 Å². The number of carbonyl (C=O) groups excluding carboxylic acids is 1. The number of fused-ring (bicyclic) bond motifs is 1. The number of hydrogen-bond acceptors (Lipinski definition) is 3. The Bertz CT molecular complexity index is 771. The van der Waals surface area contributed by atoms with Crippen LogP contribution in [0.3, 0.4) is 0 Å². The van der Waals surface area contributed by atoms with Gasteiger partial charge in [0.15, 0.2) is 0 Å². The van der Waals surface area contributed by atoms with Gasteiger partial charge in [-0.3, -0.25) is 9.69 Å². The number of piperidine rings is 1. The molecule has 2 fully saturated rings. The van der Waals surface area contributed by atoms with Gasteiger partial charge in [0.05, 0.1) is 6.10 Å². The van der Waals surface area contributed by atoms with Crippen LogP contribution in [0.25, 0.3) is 10.9 Å². The fourth-order valence-electron chi connectivity index (χ4n) is 4.47. The van der Waals surface area contributed by atoms with E-state index in [0.29, 0.717) is 6.54 Å². The second-order valence-electron chi connectivity index (χ2n) is 7.89. The maximum atomic E-state index is 12.4. The summed E-state index contributed by atoms with van der Waals surface area (Å²) >= 11 is 0. The zero-order chi connectivity index (χ0) is 18.6. The average molecular weight is 370 g/mol. The Morgan fingerprint density at radius 3 is 2.78 bits per heavy atom. The smallest absolute Gasteiger partial charge is 0.223 e. The van der Waals surface area contributed by atoms with Crippen molar-refractivity contribution in [3.8, 4) is 0 Å². The molecule has 27 heavy (non-hydrogen) atoms. The third-order valence-corrected chi connectivity index (χ3v) is 6.09. The Kier molecular flexibility index (Phi) is 5.79. The van der Waals surface area contributed by atoms with E-state index in [4.69, 9.17) is 4.74 Å². The van der Waals surface area contributed by atoms with Crippen molar-refractivity contribution < 1.29 is 9.53 Å². The zero-order valence-electron chi connectivity index (χ0n) is 16.3. The normalized spacial score (nSPS) is 21.7. The first-order valence-electron chi connectivity index (χ1n) is 10.4. The van der Waals surface area contributed by atoms with Gasteiger partial charge in [-0.05, 0) is 57.3 Å². The van der Waals surface area contributed by atoms with Crippen LogP contribution in [0.4, 0.5) is 0 Å². The number of carbonyl (C=O) groups is 1. The Morgan fingerprint density at radius 2 is 2.04 bits per heavy atom. The number of rotatable bonds is 6. The summed E-state index contributed by atoms with van der Waals surface area (Å²) in [6.07, 6.45) is 6.61. The number of ether oxygens (including phenoxy) is 1. The lowest BCUT2D eigenvalue weighted by molar-refractivity contribution is -0.127. The van der Waals surface area contributed by atoms with Crippen LogP contribution in [0.1, 0.15) is 38.2 Å². The molecule has 2 aliphatic rings. The predicted molar refractivity (Wildman–Crippen MR) is 108 cm³/mol. The summed E-state index contributed by atoms with van der Waals surface area (Å²) in [5, 5.41) is 4.47. The van der Waals surface area contributed by atoms with Crippen LogP contribution >= 0.6 is 0 Å². The van der Waals surface area contributed by atoms with Crippen LogP contribution in [0, 0.1) is 5.92 Å². The summed E-state index contributed by atoms with van der Waals surface area (Å²) in [7, 11) is 0. The molecule has 0 aliphatic carbocycles. The highest BCUT2D eigenvalue weighted by Gasteiger charge is 2.26. The molecule has 1 amide bonds. The molecule has 0 bridgehead atoms. The third kappa shape index (κ3) is 4.19. The lowest BCUT2D eigenvalue weighted by Gasteiger charge is -2.31. The minimum absolute atomic E-state index is 0.152. The number of aryl methyl sites for hydroxylation is 1. The molecule has 0 spiro atoms. The molecule has 2 aromatic rings. The Balaban J connectivity index is 1.30. The van der Waals surface area contributed by atoms with Gasteiger partial charge < -0.3 is 14.6 Å². The second kappa shape index (κ2) is 8.44. The first-order valence-corrected chi connectivity index (χ1v) is 10.4. The van der Waals surface area contributed by atoms with Gasteiger partial charge in [-0.2, -0.15) is 0 Å². The van der Waals surface area contributed by atoms with Crippen molar-refractivity contribution in [2.75, 3.05) is 26.2 Å². The van der Waals surface area contributed by atoms with Crippen LogP contribution in [0.15, 0.2) is 30.5 Å². The molecule has 5 nitrogen and oxygen atoms in total. The Hall–Kier alpha value is -1.85. The number of amides is 1. The van der Waals surface area contributed by atoms with Crippen LogP contribution < -0.4 is 5.32 Å². The largest absolute Gasteiger partial charge is 0.376 e. The molecular formula is C22H31N3O2. The molecular weight excluding hydrogens is 338 g/mol. The first kappa shape index (κ1) is 18.5. The third-order valence-electron chi connectivity index (χ3n) is 6.09. The minimum atomic E-state index is 0.152. The average Bonchev–Trinajstić information content (AvgIpc) is 3.35. The van der Waals surface area contributed by atoms with Crippen LogP contribution in [-0.2, 0) is 22.6 Å². The number of benzene rings is 1. The van der Waals surface area contributed by atoms with E-state index in [9.17, 15) is 4.79 Å². The minimum Gasteiger partial charge on any atom is -0.376 e. The summed E-state index contributed by atoms with van der Waals surface area (Å²) in [5.41, 5.74) is 2.71. The zero-order valence-corrected chi connectivity index (χ0v) is 16.3. The molecule has 2 aliphatic heterocycles. The topological polar surface area (TPSA) is 46.5 Å². The molecule has 2 saturated heterocycles. The van der Waals surface area contributed by atoms with E-state index in [-0.39, 0.29) is 17.9 Å². The monoisotopic (exact) mass is 369 g/mol. The van der Waals surface area contributed by atoms with Gasteiger partial charge in [-0.25, -0.2) is 0 Å². The second-order valence-corrected chi connectivity index (χ2v) is 7.89. The fraction of sp³-hybridized carbons (Fsp3) is 0.591. The van der Waals surface area contributed by atoms with E-state index in [0.717, 1.165) is 58.5 Å². The van der Waals surface area contributed by atoms with E-state index in [1.165, 1.54) is 16.5 Å². The van der Waals surface area contributed by atoms with E-state index < -0.39 is 0 Å². The molecule has 146 valence electrons. The SMILES string of the molecule is CCn1cc(CN2CCC(C(=O)NCC3CCCO3)CC2)c2ccccc21. The summed E-state index contributed by atoms with van der Waals surface area (Å²) in [6.45, 7) is 7.65. The van der Waals surface area contributed by atoms with Gasteiger partial charge in [0.25, 0.3) is 0 Å². The number of hydrogen-bond donors (Lipinski definition) is 1. The van der Waals surface area contributed by atoms with Gasteiger partial charge in [-0.15, -0.1) is 0 Å². The predicted octanol–water partition coefficient (Wildman–Crippen LogP) is 3.17. The van der Waals surface area contributed by atoms with Gasteiger partial charge in [-0.1, -0.05) is 18.2 Å². The van der Waals surface area contributed by atoms with Crippen LogP contribution in [0.5, 0.6) is 0 Å². The highest BCUT2D eigenvalue weighted by molar-refractivity contribution is 5.84. The van der Waals surface area contributed by atoms with E-state index >= 15 is 0 Å². The van der Waals surface area contributed by atoms with Gasteiger partial charge in [0.2, 0.25) is 5.91 Å². The maximum absolute atomic E-state index is 12.4. The summed E-state index contributed by atoms with van der Waals surface area (Å²) < 4.78 is 7.92. The molecule has 1 atom stereocenters. The molecule has 5 heteroatoms. The first-order chi connectivity index (χ1) is 13.2. The molecule has 1 unspecified atom stereocenters. The summed E-state index contributed by atoms with van der Waals surface area (Å²) in [5.74, 6) is 0.368. The summed E-state index contributed by atoms with van der Waals surface area (Å²) in [6, 6.07) is 8.66. The highest BCUT2D eigenvalue weighted by Crippen LogP contribution is 2.25. The molecule has 3 heterocycles. The maximum Gasteiger partial charge on any atom is 0.223 e. The quantitative estimate of drug-likeness (QED) is 0.851. The van der Waals surface area contributed by atoms with Crippen molar-refractivity contribution in [1.82, 2.24) is 14.8 Å². The molecule has 1 N–H and O–H groups in total. The van der Waals surface area contributed by atoms with Crippen molar-refractivity contribution >= 4 is 16.8 Å². The Labute approximate surface area is 161 Å². The van der Waals surface area contributed by atoms with Crippen molar-refractivity contribution in [2.45, 2.75) is 51.8 Å². The van der Waals surface area contributed by atoms with Gasteiger partial charge in [0.1, 0.15) is 0 Å². The number of para-hydroxylation sites is 1. The molecule has 0 radical (unpaired) electrons. The van der Waals surface area contributed by atoms with Crippen LogP contribution in [0.2, 0.25) is 0 Å². The van der Waals surface area contributed by atoms with Crippen molar-refractivity contribution in [3.63, 3.8) is 0 Å². The number of nitrogens with zero attached hydrogens (tertiary/aromatic N) is 2. The van der Waals surface area contributed by atoms with Crippen molar-refractivity contribution in [2.24, 2.45) is 5.92 Å². The lowest BCUT2D eigenvalue weighted by atomic mass is 9.95. The number of likely N-dealkylation sites (tertiary alicyclic amines) is 1. The molecule has 4 rings (SSSR count). The Morgan fingerprint density at radius 1 is 1.22 bits per heavy atom. The standard InChI is InChI=1S/C22H31N3O2/c1-2-25-16-18(20-7-3-4-8-21(20)25)15-24-11-9-17(10-12-24)22(26)23-14-19-6-5-13-27-19/h3-4,7-8,16-17,19H,2,5-6,9-15H2,1H3,(H,23,26). The van der Waals surface area contributed by atoms with Crippen LogP contribution in [-0.4, -0.2) is 47.7 Å². The van der Waals surface area contributed by atoms with Gasteiger partial charge >= 0.3 is 0 Å². The highest BCUT2D eigenvalue weighted by atomic mass is 16.5. The lowest BCUT2D eigenvalue weighted by Crippen LogP contribution is -2.42. The summed E-state index contributed by atoms with van der Waals surface area (Å²) in [4.78, 5) is 14.9. The van der Waals surface area contributed by atoms with E-state index in [1.807, 2.05) is 0 Å². The van der Waals surface area contributed by atoms with Crippen molar-refractivity contribution in [3.05, 3.63) is 36.0 Å². The van der Waals surface area contributed by atoms with E-state index in [2.05, 4.69) is 52.2 Å². The number of nitrogens with one attached hydrogen (secondary N) is 1.